The van der Waals surface area contributed by atoms with Crippen LogP contribution in [0, 0.1) is 0 Å². The molecule has 24 heavy (non-hydrogen) atoms. The van der Waals surface area contributed by atoms with Crippen LogP contribution in [0.3, 0.4) is 0 Å². The Morgan fingerprint density at radius 1 is 1.04 bits per heavy atom. The van der Waals surface area contributed by atoms with Crippen molar-refractivity contribution < 1.29 is 9.53 Å². The fourth-order valence-corrected chi connectivity index (χ4v) is 3.84. The van der Waals surface area contributed by atoms with Crippen LogP contribution in [0.2, 0.25) is 0 Å². The molecule has 2 aromatic carbocycles. The molecule has 3 nitrogen and oxygen atoms in total. The van der Waals surface area contributed by atoms with Gasteiger partial charge in [-0.15, -0.1) is 0 Å². The summed E-state index contributed by atoms with van der Waals surface area (Å²) in [6.07, 6.45) is 0.833. The van der Waals surface area contributed by atoms with Gasteiger partial charge in [-0.05, 0) is 30.7 Å². The molecular weight excluding hydrogens is 318 g/mol. The van der Waals surface area contributed by atoms with Gasteiger partial charge >= 0.3 is 0 Å². The molecule has 0 radical (unpaired) electrons. The molecule has 0 spiro atoms. The first-order valence-corrected chi connectivity index (χ1v) is 9.28. The number of ketones is 1. The second-order valence-corrected chi connectivity index (χ2v) is 7.02. The van der Waals surface area contributed by atoms with Crippen molar-refractivity contribution in [3.63, 3.8) is 0 Å². The zero-order valence-corrected chi connectivity index (χ0v) is 14.8. The molecule has 1 aliphatic rings. The minimum absolute atomic E-state index is 0.0403. The fraction of sp³-hybridized carbons (Fsp3) is 0.350. The molecule has 2 aromatic rings. The molecule has 1 aliphatic heterocycles. The van der Waals surface area contributed by atoms with Crippen LogP contribution in [0.5, 0.6) is 0 Å². The highest BCUT2D eigenvalue weighted by Crippen LogP contribution is 2.27. The van der Waals surface area contributed by atoms with E-state index in [1.165, 1.54) is 4.90 Å². The van der Waals surface area contributed by atoms with Gasteiger partial charge in [-0.25, -0.2) is 0 Å². The Balaban J connectivity index is 1.68. The Morgan fingerprint density at radius 3 is 2.29 bits per heavy atom. The first-order chi connectivity index (χ1) is 11.8. The van der Waals surface area contributed by atoms with Crippen LogP contribution < -0.4 is 0 Å². The van der Waals surface area contributed by atoms with Crippen molar-refractivity contribution in [1.82, 2.24) is 4.90 Å². The van der Waals surface area contributed by atoms with Crippen LogP contribution in [0.4, 0.5) is 0 Å². The zero-order valence-electron chi connectivity index (χ0n) is 14.0. The average molecular weight is 341 g/mol. The van der Waals surface area contributed by atoms with Crippen molar-refractivity contribution in [2.24, 2.45) is 0 Å². The van der Waals surface area contributed by atoms with Crippen molar-refractivity contribution in [3.8, 4) is 0 Å². The lowest BCUT2D eigenvalue weighted by atomic mass is 10.0. The number of carbonyl (C=O) groups excluding carboxylic acids is 1. The molecule has 1 fully saturated rings. The van der Waals surface area contributed by atoms with E-state index in [0.717, 1.165) is 43.2 Å². The predicted molar refractivity (Wildman–Crippen MR) is 97.8 cm³/mol. The summed E-state index contributed by atoms with van der Waals surface area (Å²) in [6, 6.07) is 18.2. The minimum atomic E-state index is -0.0403. The summed E-state index contributed by atoms with van der Waals surface area (Å²) in [6.45, 7) is 5.20. The number of Topliss-reactive ketones (excluding diaryl/α,β-unsaturated/α-hetero) is 1. The Labute approximate surface area is 148 Å². The third kappa shape index (κ3) is 4.26. The molecule has 0 saturated carbocycles. The lowest BCUT2D eigenvalue weighted by molar-refractivity contribution is 0.0170. The van der Waals surface area contributed by atoms with E-state index >= 15 is 0 Å². The summed E-state index contributed by atoms with van der Waals surface area (Å²) in [5.74, 6) is 0.218. The van der Waals surface area contributed by atoms with Gasteiger partial charge in [0.15, 0.2) is 5.78 Å². The molecule has 0 N–H and O–H groups in total. The number of hydrogen-bond donors (Lipinski definition) is 0. The van der Waals surface area contributed by atoms with Crippen LogP contribution >= 0.6 is 11.8 Å². The van der Waals surface area contributed by atoms with Crippen LogP contribution in [-0.4, -0.2) is 43.0 Å². The summed E-state index contributed by atoms with van der Waals surface area (Å²) in [5, 5.41) is 0. The van der Waals surface area contributed by atoms with Gasteiger partial charge in [-0.1, -0.05) is 49.0 Å². The summed E-state index contributed by atoms with van der Waals surface area (Å²) >= 11 is 1.71. The molecule has 1 saturated heterocycles. The molecular formula is C20H23NO2S. The number of morpholine rings is 1. The maximum Gasteiger partial charge on any atom is 0.179 e. The van der Waals surface area contributed by atoms with E-state index in [9.17, 15) is 4.79 Å². The minimum Gasteiger partial charge on any atom is -0.379 e. The number of hydrogen-bond acceptors (Lipinski definition) is 4. The molecule has 1 unspecified atom stereocenters. The van der Waals surface area contributed by atoms with Crippen molar-refractivity contribution in [2.75, 3.05) is 26.3 Å². The second kappa shape index (κ2) is 8.47. The van der Waals surface area contributed by atoms with Gasteiger partial charge in [0.25, 0.3) is 0 Å². The summed E-state index contributed by atoms with van der Waals surface area (Å²) in [5.41, 5.74) is 0.797. The highest BCUT2D eigenvalue weighted by atomic mass is 32.2. The highest BCUT2D eigenvalue weighted by molar-refractivity contribution is 7.99. The van der Waals surface area contributed by atoms with E-state index in [-0.39, 0.29) is 11.8 Å². The van der Waals surface area contributed by atoms with Crippen molar-refractivity contribution in [1.29, 1.82) is 0 Å². The molecule has 126 valence electrons. The van der Waals surface area contributed by atoms with E-state index in [4.69, 9.17) is 4.74 Å². The zero-order chi connectivity index (χ0) is 16.8. The smallest absolute Gasteiger partial charge is 0.179 e. The molecule has 1 heterocycles. The maximum atomic E-state index is 12.9. The topological polar surface area (TPSA) is 29.5 Å². The molecule has 0 amide bonds. The van der Waals surface area contributed by atoms with Gasteiger partial charge in [0.1, 0.15) is 0 Å². The largest absolute Gasteiger partial charge is 0.379 e. The second-order valence-electron chi connectivity index (χ2n) is 5.88. The van der Waals surface area contributed by atoms with E-state index in [1.807, 2.05) is 42.5 Å². The summed E-state index contributed by atoms with van der Waals surface area (Å²) in [4.78, 5) is 17.5. The van der Waals surface area contributed by atoms with Gasteiger partial charge < -0.3 is 4.74 Å². The molecule has 3 rings (SSSR count). The quantitative estimate of drug-likeness (QED) is 0.739. The van der Waals surface area contributed by atoms with Gasteiger partial charge in [0.05, 0.1) is 19.3 Å². The van der Waals surface area contributed by atoms with E-state index in [2.05, 4.69) is 24.0 Å². The van der Waals surface area contributed by atoms with Crippen molar-refractivity contribution in [3.05, 3.63) is 60.2 Å². The van der Waals surface area contributed by atoms with Crippen LogP contribution in [-0.2, 0) is 4.74 Å². The predicted octanol–water partition coefficient (Wildman–Crippen LogP) is 4.13. The van der Waals surface area contributed by atoms with Gasteiger partial charge in [-0.2, -0.15) is 0 Å². The van der Waals surface area contributed by atoms with Crippen LogP contribution in [0.25, 0.3) is 0 Å². The first kappa shape index (κ1) is 17.2. The third-order valence-electron chi connectivity index (χ3n) is 4.29. The molecule has 4 heteroatoms. The molecule has 0 bridgehead atoms. The Hall–Kier alpha value is -1.62. The van der Waals surface area contributed by atoms with Crippen molar-refractivity contribution in [2.45, 2.75) is 29.2 Å². The van der Waals surface area contributed by atoms with Crippen LogP contribution in [0.1, 0.15) is 23.7 Å². The lowest BCUT2D eigenvalue weighted by Crippen LogP contribution is -2.47. The number of rotatable bonds is 6. The fourth-order valence-electron chi connectivity index (χ4n) is 3.00. The van der Waals surface area contributed by atoms with Crippen LogP contribution in [0.15, 0.2) is 64.4 Å². The SMILES string of the molecule is CCC(C(=O)c1ccc(Sc2ccccc2)cc1)N1CCOCC1. The molecule has 0 aromatic heterocycles. The summed E-state index contributed by atoms with van der Waals surface area (Å²) < 4.78 is 5.40. The number of ether oxygens (including phenoxy) is 1. The third-order valence-corrected chi connectivity index (χ3v) is 5.31. The monoisotopic (exact) mass is 341 g/mol. The number of nitrogens with zero attached hydrogens (tertiary/aromatic N) is 1. The van der Waals surface area contributed by atoms with E-state index in [1.54, 1.807) is 11.8 Å². The average Bonchev–Trinajstić information content (AvgIpc) is 2.65. The maximum absolute atomic E-state index is 12.9. The summed E-state index contributed by atoms with van der Waals surface area (Å²) in [7, 11) is 0. The Kier molecular flexibility index (Phi) is 6.07. The van der Waals surface area contributed by atoms with E-state index < -0.39 is 0 Å². The molecule has 0 aliphatic carbocycles. The number of carbonyl (C=O) groups is 1. The Bertz CT molecular complexity index is 651. The van der Waals surface area contributed by atoms with Gasteiger partial charge in [0.2, 0.25) is 0 Å². The Morgan fingerprint density at radius 2 is 1.67 bits per heavy atom. The standard InChI is InChI=1S/C20H23NO2S/c1-2-19(21-12-14-23-15-13-21)20(22)16-8-10-18(11-9-16)24-17-6-4-3-5-7-17/h3-11,19H,2,12-15H2,1H3. The van der Waals surface area contributed by atoms with E-state index in [0.29, 0.717) is 0 Å². The highest BCUT2D eigenvalue weighted by Gasteiger charge is 2.26. The molecule has 1 atom stereocenters. The first-order valence-electron chi connectivity index (χ1n) is 8.47. The van der Waals surface area contributed by atoms with Crippen molar-refractivity contribution >= 4 is 17.5 Å². The van der Waals surface area contributed by atoms with Gasteiger partial charge in [-0.3, -0.25) is 9.69 Å². The lowest BCUT2D eigenvalue weighted by Gasteiger charge is -2.33. The number of benzene rings is 2. The normalized spacial score (nSPS) is 16.7. The van der Waals surface area contributed by atoms with Gasteiger partial charge in [0, 0.05) is 28.4 Å².